The molecule has 0 aliphatic heterocycles. The van der Waals surface area contributed by atoms with Gasteiger partial charge in [0.05, 0.1) is 0 Å². The molecule has 0 aliphatic rings. The number of rotatable bonds is 8. The lowest BCUT2D eigenvalue weighted by molar-refractivity contribution is 0.371. The zero-order valence-corrected chi connectivity index (χ0v) is 11.0. The number of hydrogen-bond acceptors (Lipinski definition) is 3. The van der Waals surface area contributed by atoms with Crippen molar-refractivity contribution in [2.75, 3.05) is 0 Å². The van der Waals surface area contributed by atoms with Crippen molar-refractivity contribution in [2.45, 2.75) is 52.0 Å². The summed E-state index contributed by atoms with van der Waals surface area (Å²) < 4.78 is 0. The van der Waals surface area contributed by atoms with Crippen molar-refractivity contribution in [3.63, 3.8) is 0 Å². The van der Waals surface area contributed by atoms with Gasteiger partial charge in [0.25, 0.3) is 0 Å². The van der Waals surface area contributed by atoms with Gasteiger partial charge < -0.3 is 0 Å². The molecule has 1 aromatic rings. The summed E-state index contributed by atoms with van der Waals surface area (Å²) in [6.07, 6.45) is 7.58. The number of aromatic nitrogens is 1. The Hall–Kier alpha value is -0.930. The van der Waals surface area contributed by atoms with Crippen LogP contribution in [0.3, 0.4) is 0 Å². The topological polar surface area (TPSA) is 50.9 Å². The van der Waals surface area contributed by atoms with Crippen LogP contribution in [-0.4, -0.2) is 11.0 Å². The van der Waals surface area contributed by atoms with E-state index in [-0.39, 0.29) is 0 Å². The summed E-state index contributed by atoms with van der Waals surface area (Å²) in [5.74, 6) is 6.35. The van der Waals surface area contributed by atoms with Gasteiger partial charge in [-0.3, -0.25) is 16.3 Å². The second kappa shape index (κ2) is 8.20. The molecule has 96 valence electrons. The normalized spacial score (nSPS) is 14.5. The fraction of sp³-hybridized carbons (Fsp3) is 0.643. The van der Waals surface area contributed by atoms with Crippen LogP contribution in [0.5, 0.6) is 0 Å². The summed E-state index contributed by atoms with van der Waals surface area (Å²) >= 11 is 0. The largest absolute Gasteiger partial charge is 0.271 e. The molecule has 17 heavy (non-hydrogen) atoms. The first-order chi connectivity index (χ1) is 8.26. The zero-order chi connectivity index (χ0) is 12.5. The molecule has 3 heteroatoms. The first kappa shape index (κ1) is 14.1. The summed E-state index contributed by atoms with van der Waals surface area (Å²) in [6.45, 7) is 4.53. The van der Waals surface area contributed by atoms with Gasteiger partial charge in [0.1, 0.15) is 0 Å². The second-order valence-corrected chi connectivity index (χ2v) is 4.85. The van der Waals surface area contributed by atoms with Crippen LogP contribution >= 0.6 is 0 Å². The van der Waals surface area contributed by atoms with E-state index in [2.05, 4.69) is 30.3 Å². The highest BCUT2D eigenvalue weighted by Crippen LogP contribution is 2.15. The molecule has 1 heterocycles. The van der Waals surface area contributed by atoms with Gasteiger partial charge in [-0.2, -0.15) is 0 Å². The molecule has 0 saturated carbocycles. The van der Waals surface area contributed by atoms with E-state index >= 15 is 0 Å². The molecule has 0 amide bonds. The summed E-state index contributed by atoms with van der Waals surface area (Å²) in [5, 5.41) is 0. The van der Waals surface area contributed by atoms with Gasteiger partial charge in [0.2, 0.25) is 0 Å². The Labute approximate surface area is 105 Å². The number of nitrogens with one attached hydrogen (secondary N) is 1. The van der Waals surface area contributed by atoms with Crippen LogP contribution in [0.15, 0.2) is 24.4 Å². The van der Waals surface area contributed by atoms with Crippen LogP contribution in [0.4, 0.5) is 0 Å². The number of aryl methyl sites for hydroxylation is 1. The summed E-state index contributed by atoms with van der Waals surface area (Å²) in [7, 11) is 0. The fourth-order valence-corrected chi connectivity index (χ4v) is 2.23. The van der Waals surface area contributed by atoms with Gasteiger partial charge in [0, 0.05) is 17.9 Å². The van der Waals surface area contributed by atoms with Gasteiger partial charge in [-0.05, 0) is 37.3 Å². The highest BCUT2D eigenvalue weighted by molar-refractivity contribution is 5.03. The molecule has 3 N–H and O–H groups in total. The molecule has 1 aromatic heterocycles. The van der Waals surface area contributed by atoms with Gasteiger partial charge >= 0.3 is 0 Å². The van der Waals surface area contributed by atoms with Gasteiger partial charge in [-0.1, -0.05) is 32.8 Å². The van der Waals surface area contributed by atoms with Crippen LogP contribution in [0, 0.1) is 5.92 Å². The predicted octanol–water partition coefficient (Wildman–Crippen LogP) is 2.67. The molecule has 0 fully saturated rings. The van der Waals surface area contributed by atoms with Crippen LogP contribution in [0.2, 0.25) is 0 Å². The zero-order valence-electron chi connectivity index (χ0n) is 11.0. The number of pyridine rings is 1. The van der Waals surface area contributed by atoms with Crippen molar-refractivity contribution in [3.05, 3.63) is 30.1 Å². The van der Waals surface area contributed by atoms with Crippen molar-refractivity contribution in [3.8, 4) is 0 Å². The fourth-order valence-electron chi connectivity index (χ4n) is 2.23. The van der Waals surface area contributed by atoms with Gasteiger partial charge in [-0.15, -0.1) is 0 Å². The number of nitrogens with zero attached hydrogens (tertiary/aromatic N) is 1. The van der Waals surface area contributed by atoms with E-state index in [0.29, 0.717) is 6.04 Å². The summed E-state index contributed by atoms with van der Waals surface area (Å²) in [6, 6.07) is 6.46. The molecular formula is C14H25N3. The van der Waals surface area contributed by atoms with E-state index in [1.165, 1.54) is 12.8 Å². The standard InChI is InChI=1S/C14H25N3/c1-3-6-12(2)11-14(17-15)9-8-13-7-4-5-10-16-13/h4-5,7,10,12,14,17H,3,6,8-9,11,15H2,1-2H3. The van der Waals surface area contributed by atoms with E-state index in [9.17, 15) is 0 Å². The van der Waals surface area contributed by atoms with Crippen molar-refractivity contribution in [1.29, 1.82) is 0 Å². The van der Waals surface area contributed by atoms with Crippen LogP contribution in [0.1, 0.15) is 45.2 Å². The van der Waals surface area contributed by atoms with Crippen molar-refractivity contribution < 1.29 is 0 Å². The minimum Gasteiger partial charge on any atom is -0.271 e. The van der Waals surface area contributed by atoms with Crippen LogP contribution in [-0.2, 0) is 6.42 Å². The SMILES string of the molecule is CCCC(C)CC(CCc1ccccn1)NN. The minimum atomic E-state index is 0.401. The summed E-state index contributed by atoms with van der Waals surface area (Å²) in [4.78, 5) is 4.33. The Morgan fingerprint density at radius 2 is 2.18 bits per heavy atom. The quantitative estimate of drug-likeness (QED) is 0.538. The lowest BCUT2D eigenvalue weighted by Gasteiger charge is -2.19. The maximum atomic E-state index is 5.61. The lowest BCUT2D eigenvalue weighted by atomic mass is 9.94. The average molecular weight is 235 g/mol. The van der Waals surface area contributed by atoms with E-state index in [0.717, 1.165) is 30.9 Å². The van der Waals surface area contributed by atoms with Crippen molar-refractivity contribution >= 4 is 0 Å². The number of hydrazine groups is 1. The van der Waals surface area contributed by atoms with Crippen LogP contribution in [0.25, 0.3) is 0 Å². The van der Waals surface area contributed by atoms with Gasteiger partial charge in [-0.25, -0.2) is 0 Å². The van der Waals surface area contributed by atoms with Crippen LogP contribution < -0.4 is 11.3 Å². The maximum Gasteiger partial charge on any atom is 0.0404 e. The molecule has 0 aliphatic carbocycles. The molecule has 0 bridgehead atoms. The Bertz CT molecular complexity index is 287. The maximum absolute atomic E-state index is 5.61. The smallest absolute Gasteiger partial charge is 0.0404 e. The molecule has 1 rings (SSSR count). The average Bonchev–Trinajstić information content (AvgIpc) is 2.36. The Morgan fingerprint density at radius 3 is 2.76 bits per heavy atom. The first-order valence-corrected chi connectivity index (χ1v) is 6.62. The molecule has 0 aromatic carbocycles. The molecule has 2 atom stereocenters. The van der Waals surface area contributed by atoms with Crippen molar-refractivity contribution in [2.24, 2.45) is 11.8 Å². The van der Waals surface area contributed by atoms with Crippen molar-refractivity contribution in [1.82, 2.24) is 10.4 Å². The Kier molecular flexibility index (Phi) is 6.82. The molecule has 0 spiro atoms. The minimum absolute atomic E-state index is 0.401. The third-order valence-corrected chi connectivity index (χ3v) is 3.18. The number of hydrogen-bond donors (Lipinski definition) is 2. The number of nitrogens with two attached hydrogens (primary N) is 1. The first-order valence-electron chi connectivity index (χ1n) is 6.62. The Balaban J connectivity index is 2.32. The molecule has 3 nitrogen and oxygen atoms in total. The summed E-state index contributed by atoms with van der Waals surface area (Å²) in [5.41, 5.74) is 4.08. The highest BCUT2D eigenvalue weighted by atomic mass is 15.2. The monoisotopic (exact) mass is 235 g/mol. The lowest BCUT2D eigenvalue weighted by Crippen LogP contribution is -2.36. The van der Waals surface area contributed by atoms with E-state index in [1.807, 2.05) is 18.3 Å². The molecule has 0 saturated heterocycles. The molecule has 0 radical (unpaired) electrons. The van der Waals surface area contributed by atoms with E-state index in [4.69, 9.17) is 5.84 Å². The molecular weight excluding hydrogens is 210 g/mol. The highest BCUT2D eigenvalue weighted by Gasteiger charge is 2.11. The molecule has 2 unspecified atom stereocenters. The second-order valence-electron chi connectivity index (χ2n) is 4.85. The predicted molar refractivity (Wildman–Crippen MR) is 72.4 cm³/mol. The van der Waals surface area contributed by atoms with Gasteiger partial charge in [0.15, 0.2) is 0 Å². The van der Waals surface area contributed by atoms with E-state index in [1.54, 1.807) is 0 Å². The third-order valence-electron chi connectivity index (χ3n) is 3.18. The van der Waals surface area contributed by atoms with E-state index < -0.39 is 0 Å². The third kappa shape index (κ3) is 5.80. The Morgan fingerprint density at radius 1 is 1.35 bits per heavy atom.